The molecule has 3 N–H and O–H groups in total. The summed E-state index contributed by atoms with van der Waals surface area (Å²) in [5.74, 6) is 0. The topological polar surface area (TPSA) is 63.8 Å². The van der Waals surface area contributed by atoms with Gasteiger partial charge in [0.05, 0.1) is 10.7 Å². The maximum Gasteiger partial charge on any atom is 0.0897 e. The number of thiazole rings is 1. The van der Waals surface area contributed by atoms with Crippen molar-refractivity contribution < 1.29 is 0 Å². The number of fused-ring (bicyclic) bond motifs is 1. The fourth-order valence-corrected chi connectivity index (χ4v) is 2.86. The minimum Gasteiger partial charge on any atom is -0.398 e. The van der Waals surface area contributed by atoms with E-state index < -0.39 is 0 Å². The van der Waals surface area contributed by atoms with E-state index in [4.69, 9.17) is 5.73 Å². The number of rotatable bonds is 4. The number of nitrogens with two attached hydrogens (primary N) is 1. The van der Waals surface area contributed by atoms with E-state index in [1.54, 1.807) is 23.7 Å². The molecule has 0 aliphatic rings. The Hall–Kier alpha value is -2.14. The summed E-state index contributed by atoms with van der Waals surface area (Å²) in [6.07, 6.45) is 4.51. The lowest BCUT2D eigenvalue weighted by Gasteiger charge is -2.10. The minimum atomic E-state index is 0.758. The van der Waals surface area contributed by atoms with Crippen molar-refractivity contribution in [2.24, 2.45) is 0 Å². The number of hydrogen-bond acceptors (Lipinski definition) is 5. The van der Waals surface area contributed by atoms with Crippen molar-refractivity contribution >= 4 is 33.5 Å². The molecule has 3 aromatic rings. The Kier molecular flexibility index (Phi) is 3.52. The average Bonchev–Trinajstić information content (AvgIpc) is 2.87. The van der Waals surface area contributed by atoms with E-state index in [9.17, 15) is 0 Å². The van der Waals surface area contributed by atoms with Crippen molar-refractivity contribution in [1.29, 1.82) is 0 Å². The number of pyridine rings is 1. The van der Waals surface area contributed by atoms with Crippen LogP contribution in [0.5, 0.6) is 0 Å². The predicted molar refractivity (Wildman–Crippen MR) is 85.2 cm³/mol. The Morgan fingerprint density at radius 1 is 1.25 bits per heavy atom. The van der Waals surface area contributed by atoms with Crippen molar-refractivity contribution in [2.75, 3.05) is 17.6 Å². The Morgan fingerprint density at radius 3 is 2.95 bits per heavy atom. The fraction of sp³-hybridized carbons (Fsp3) is 0.200. The van der Waals surface area contributed by atoms with Crippen molar-refractivity contribution in [1.82, 2.24) is 9.97 Å². The van der Waals surface area contributed by atoms with Gasteiger partial charge in [0, 0.05) is 52.9 Å². The number of anilines is 2. The SMILES string of the molecule is Cc1nc(CCNc2ccc(N)c3cnccc23)cs1. The normalized spacial score (nSPS) is 10.8. The maximum absolute atomic E-state index is 5.97. The van der Waals surface area contributed by atoms with Gasteiger partial charge in [0.25, 0.3) is 0 Å². The molecule has 0 saturated carbocycles. The van der Waals surface area contributed by atoms with Crippen LogP contribution in [0.4, 0.5) is 11.4 Å². The summed E-state index contributed by atoms with van der Waals surface area (Å²) in [6, 6.07) is 5.92. The minimum absolute atomic E-state index is 0.758. The zero-order chi connectivity index (χ0) is 13.9. The summed E-state index contributed by atoms with van der Waals surface area (Å²) in [5.41, 5.74) is 8.96. The van der Waals surface area contributed by atoms with Gasteiger partial charge in [0.1, 0.15) is 0 Å². The molecule has 0 bridgehead atoms. The second-order valence-corrected chi connectivity index (χ2v) is 5.72. The second-order valence-electron chi connectivity index (χ2n) is 4.66. The Bertz CT molecular complexity index is 736. The van der Waals surface area contributed by atoms with Gasteiger partial charge in [-0.25, -0.2) is 4.98 Å². The van der Waals surface area contributed by atoms with Crippen LogP contribution in [0.3, 0.4) is 0 Å². The number of hydrogen-bond donors (Lipinski definition) is 2. The smallest absolute Gasteiger partial charge is 0.0897 e. The second kappa shape index (κ2) is 5.46. The molecule has 2 heterocycles. The highest BCUT2D eigenvalue weighted by Crippen LogP contribution is 2.27. The maximum atomic E-state index is 5.97. The van der Waals surface area contributed by atoms with E-state index in [0.717, 1.165) is 45.8 Å². The van der Waals surface area contributed by atoms with E-state index >= 15 is 0 Å². The van der Waals surface area contributed by atoms with Crippen LogP contribution in [0, 0.1) is 6.92 Å². The van der Waals surface area contributed by atoms with Crippen LogP contribution >= 0.6 is 11.3 Å². The van der Waals surface area contributed by atoms with Crippen LogP contribution in [-0.2, 0) is 6.42 Å². The lowest BCUT2D eigenvalue weighted by molar-refractivity contribution is 0.970. The molecule has 0 unspecified atom stereocenters. The molecule has 0 spiro atoms. The van der Waals surface area contributed by atoms with Crippen LogP contribution in [0.15, 0.2) is 36.0 Å². The van der Waals surface area contributed by atoms with E-state index in [-0.39, 0.29) is 0 Å². The Balaban J connectivity index is 1.76. The quantitative estimate of drug-likeness (QED) is 0.722. The molecule has 2 aromatic heterocycles. The molecular formula is C15H16N4S. The number of aromatic nitrogens is 2. The highest BCUT2D eigenvalue weighted by Gasteiger charge is 2.04. The van der Waals surface area contributed by atoms with Crippen LogP contribution in [0.1, 0.15) is 10.7 Å². The fourth-order valence-electron chi connectivity index (χ4n) is 2.21. The molecule has 0 aliphatic heterocycles. The third kappa shape index (κ3) is 2.58. The van der Waals surface area contributed by atoms with Gasteiger partial charge >= 0.3 is 0 Å². The molecule has 0 atom stereocenters. The third-order valence-electron chi connectivity index (χ3n) is 3.21. The Labute approximate surface area is 121 Å². The zero-order valence-corrected chi connectivity index (χ0v) is 12.1. The van der Waals surface area contributed by atoms with Gasteiger partial charge in [-0.1, -0.05) is 0 Å². The van der Waals surface area contributed by atoms with E-state index in [2.05, 4.69) is 20.7 Å². The van der Waals surface area contributed by atoms with Crippen LogP contribution < -0.4 is 11.1 Å². The lowest BCUT2D eigenvalue weighted by Crippen LogP contribution is -2.06. The molecular weight excluding hydrogens is 268 g/mol. The first-order valence-corrected chi connectivity index (χ1v) is 7.39. The van der Waals surface area contributed by atoms with E-state index in [1.807, 2.05) is 25.1 Å². The summed E-state index contributed by atoms with van der Waals surface area (Å²) in [6.45, 7) is 2.88. The molecule has 1 aromatic carbocycles. The van der Waals surface area contributed by atoms with Crippen molar-refractivity contribution in [3.63, 3.8) is 0 Å². The van der Waals surface area contributed by atoms with E-state index in [0.29, 0.717) is 0 Å². The van der Waals surface area contributed by atoms with Gasteiger partial charge in [-0.2, -0.15) is 0 Å². The van der Waals surface area contributed by atoms with Gasteiger partial charge < -0.3 is 11.1 Å². The van der Waals surface area contributed by atoms with Crippen LogP contribution in [0.2, 0.25) is 0 Å². The van der Waals surface area contributed by atoms with Crippen LogP contribution in [0.25, 0.3) is 10.8 Å². The molecule has 5 heteroatoms. The number of nitrogen functional groups attached to an aromatic ring is 1. The molecule has 0 radical (unpaired) electrons. The first-order chi connectivity index (χ1) is 9.74. The average molecular weight is 284 g/mol. The molecule has 4 nitrogen and oxygen atoms in total. The molecule has 0 fully saturated rings. The monoisotopic (exact) mass is 284 g/mol. The molecule has 0 aliphatic carbocycles. The van der Waals surface area contributed by atoms with Gasteiger partial charge in [-0.3, -0.25) is 4.98 Å². The first kappa shape index (κ1) is 12.9. The summed E-state index contributed by atoms with van der Waals surface area (Å²) in [7, 11) is 0. The Morgan fingerprint density at radius 2 is 2.15 bits per heavy atom. The summed E-state index contributed by atoms with van der Waals surface area (Å²) in [4.78, 5) is 8.60. The summed E-state index contributed by atoms with van der Waals surface area (Å²) < 4.78 is 0. The largest absolute Gasteiger partial charge is 0.398 e. The number of nitrogens with one attached hydrogen (secondary N) is 1. The highest BCUT2D eigenvalue weighted by atomic mass is 32.1. The zero-order valence-electron chi connectivity index (χ0n) is 11.3. The van der Waals surface area contributed by atoms with Crippen molar-refractivity contribution in [3.8, 4) is 0 Å². The van der Waals surface area contributed by atoms with Crippen molar-refractivity contribution in [2.45, 2.75) is 13.3 Å². The van der Waals surface area contributed by atoms with Crippen LogP contribution in [-0.4, -0.2) is 16.5 Å². The molecule has 20 heavy (non-hydrogen) atoms. The highest BCUT2D eigenvalue weighted by molar-refractivity contribution is 7.09. The molecule has 0 amide bonds. The predicted octanol–water partition coefficient (Wildman–Crippen LogP) is 3.24. The number of nitrogens with zero attached hydrogens (tertiary/aromatic N) is 2. The van der Waals surface area contributed by atoms with Gasteiger partial charge in [-0.15, -0.1) is 11.3 Å². The lowest BCUT2D eigenvalue weighted by atomic mass is 10.1. The summed E-state index contributed by atoms with van der Waals surface area (Å²) >= 11 is 1.69. The van der Waals surface area contributed by atoms with Crippen molar-refractivity contribution in [3.05, 3.63) is 46.7 Å². The number of aryl methyl sites for hydroxylation is 1. The van der Waals surface area contributed by atoms with Gasteiger partial charge in [0.15, 0.2) is 0 Å². The standard InChI is InChI=1S/C15H16N4S/c1-10-19-11(9-20-10)4-7-18-15-3-2-14(16)13-8-17-6-5-12(13)15/h2-3,5-6,8-9,18H,4,7,16H2,1H3. The van der Waals surface area contributed by atoms with E-state index in [1.165, 1.54) is 0 Å². The van der Waals surface area contributed by atoms with Gasteiger partial charge in [-0.05, 0) is 25.1 Å². The summed E-state index contributed by atoms with van der Waals surface area (Å²) in [5, 5.41) is 8.78. The van der Waals surface area contributed by atoms with Gasteiger partial charge in [0.2, 0.25) is 0 Å². The third-order valence-corrected chi connectivity index (χ3v) is 4.04. The molecule has 3 rings (SSSR count). The molecule has 0 saturated heterocycles. The molecule has 102 valence electrons. The first-order valence-electron chi connectivity index (χ1n) is 6.51. The number of benzene rings is 1.